The van der Waals surface area contributed by atoms with Crippen LogP contribution in [0.25, 0.3) is 0 Å². The predicted molar refractivity (Wildman–Crippen MR) is 205 cm³/mol. The maximum Gasteiger partial charge on any atom is 0.194 e. The van der Waals surface area contributed by atoms with Crippen molar-refractivity contribution in [3.05, 3.63) is 178 Å². The number of rotatable bonds is 2. The monoisotopic (exact) mass is 652 g/mol. The lowest BCUT2D eigenvalue weighted by molar-refractivity contribution is 0.0979. The lowest BCUT2D eigenvalue weighted by atomic mass is 9.73. The van der Waals surface area contributed by atoms with Crippen LogP contribution in [-0.2, 0) is 10.8 Å². The molecule has 0 radical (unpaired) electrons. The zero-order chi connectivity index (χ0) is 34.9. The third kappa shape index (κ3) is 4.37. The number of anilines is 6. The molecule has 0 fully saturated rings. The average molecular weight is 653 g/mol. The second-order valence-corrected chi connectivity index (χ2v) is 14.1. The van der Waals surface area contributed by atoms with Gasteiger partial charge < -0.3 is 9.80 Å². The average Bonchev–Trinajstić information content (AvgIpc) is 3.15. The summed E-state index contributed by atoms with van der Waals surface area (Å²) in [5.74, 6) is -0.264. The molecule has 1 aliphatic carbocycles. The number of fused-ring (bicyclic) bond motifs is 6. The maximum absolute atomic E-state index is 14.3. The van der Waals surface area contributed by atoms with E-state index in [2.05, 4.69) is 135 Å². The zero-order valence-electron chi connectivity index (χ0n) is 29.4. The van der Waals surface area contributed by atoms with Crippen LogP contribution in [0.4, 0.5) is 34.1 Å². The molecule has 2 aliphatic heterocycles. The van der Waals surface area contributed by atoms with Crippen LogP contribution in [0.3, 0.4) is 0 Å². The molecule has 0 saturated heterocycles. The van der Waals surface area contributed by atoms with Gasteiger partial charge in [-0.05, 0) is 82.9 Å². The van der Waals surface area contributed by atoms with Gasteiger partial charge >= 0.3 is 0 Å². The minimum absolute atomic E-state index is 0.132. The van der Waals surface area contributed by atoms with Crippen molar-refractivity contribution in [1.82, 2.24) is 0 Å². The molecule has 0 unspecified atom stereocenters. The molecule has 0 atom stereocenters. The minimum Gasteiger partial charge on any atom is -0.310 e. The van der Waals surface area contributed by atoms with E-state index in [-0.39, 0.29) is 22.4 Å². The van der Waals surface area contributed by atoms with Gasteiger partial charge in [0, 0.05) is 44.5 Å². The highest BCUT2D eigenvalue weighted by atomic mass is 16.1. The van der Waals surface area contributed by atoms with Gasteiger partial charge in [0.25, 0.3) is 0 Å². The largest absolute Gasteiger partial charge is 0.310 e. The van der Waals surface area contributed by atoms with Crippen LogP contribution < -0.4 is 9.80 Å². The van der Waals surface area contributed by atoms with E-state index in [9.17, 15) is 9.59 Å². The van der Waals surface area contributed by atoms with Crippen LogP contribution >= 0.6 is 0 Å². The highest BCUT2D eigenvalue weighted by Crippen LogP contribution is 2.53. The molecule has 6 aromatic carbocycles. The molecule has 246 valence electrons. The Bertz CT molecular complexity index is 2100. The van der Waals surface area contributed by atoms with Crippen LogP contribution in [0.5, 0.6) is 0 Å². The van der Waals surface area contributed by atoms with Crippen molar-refractivity contribution in [1.29, 1.82) is 0 Å². The lowest BCUT2D eigenvalue weighted by Gasteiger charge is -2.42. The van der Waals surface area contributed by atoms with Crippen molar-refractivity contribution in [3.63, 3.8) is 0 Å². The van der Waals surface area contributed by atoms with Gasteiger partial charge in [0.15, 0.2) is 11.6 Å². The van der Waals surface area contributed by atoms with Gasteiger partial charge in [0.1, 0.15) is 0 Å². The van der Waals surface area contributed by atoms with E-state index in [1.807, 2.05) is 50.2 Å². The summed E-state index contributed by atoms with van der Waals surface area (Å²) < 4.78 is 0. The first kappa shape index (κ1) is 31.5. The van der Waals surface area contributed by atoms with Crippen LogP contribution in [0.2, 0.25) is 0 Å². The normalized spacial score (nSPS) is 15.7. The Morgan fingerprint density at radius 3 is 0.960 bits per heavy atom. The molecule has 0 N–H and O–H groups in total. The summed E-state index contributed by atoms with van der Waals surface area (Å²) in [5, 5.41) is 0. The lowest BCUT2D eigenvalue weighted by Crippen LogP contribution is -2.31. The molecular formula is C46H40N2O2. The van der Waals surface area contributed by atoms with Gasteiger partial charge in [0.05, 0.1) is 22.7 Å². The standard InChI is InChI=1S/C44H34N2O2.C2H6/c1-43(2)33-13-5-9-17-37(33)45(38-18-10-6-14-34(38)43)27-21-23-29-31(25-27)41(47)30-24-22-28(26-32(30)42(29)48)46-39-19-11-7-15-35(39)44(3,4)36-16-8-12-20-40(36)46;1-2/h5-26H,1-4H3;1-2H3. The quantitative estimate of drug-likeness (QED) is 0.186. The predicted octanol–water partition coefficient (Wildman–Crippen LogP) is 11.7. The summed E-state index contributed by atoms with van der Waals surface area (Å²) in [6.07, 6.45) is 0. The third-order valence-electron chi connectivity index (χ3n) is 10.8. The minimum atomic E-state index is -0.189. The highest BCUT2D eigenvalue weighted by Gasteiger charge is 2.39. The number of para-hydroxylation sites is 4. The van der Waals surface area contributed by atoms with Crippen molar-refractivity contribution < 1.29 is 9.59 Å². The Kier molecular flexibility index (Phi) is 7.20. The van der Waals surface area contributed by atoms with Gasteiger partial charge in [-0.1, -0.05) is 114 Å². The first-order chi connectivity index (χ1) is 24.2. The highest BCUT2D eigenvalue weighted by molar-refractivity contribution is 6.29. The SMILES string of the molecule is CC.CC1(C)c2ccccc2N(c2ccc3c(c2)C(=O)c2ccc(N4c5ccccc5C(C)(C)c5ccccc54)cc2C3=O)c2ccccc21. The number of nitrogens with zero attached hydrogens (tertiary/aromatic N) is 2. The first-order valence-corrected chi connectivity index (χ1v) is 17.5. The summed E-state index contributed by atoms with van der Waals surface area (Å²) in [5.41, 5.74) is 12.2. The second-order valence-electron chi connectivity index (χ2n) is 14.1. The molecular weight excluding hydrogens is 613 g/mol. The molecule has 6 aromatic rings. The smallest absolute Gasteiger partial charge is 0.194 e. The molecule has 0 bridgehead atoms. The maximum atomic E-state index is 14.3. The van der Waals surface area contributed by atoms with E-state index >= 15 is 0 Å². The van der Waals surface area contributed by atoms with E-state index in [1.165, 1.54) is 22.3 Å². The summed E-state index contributed by atoms with van der Waals surface area (Å²) >= 11 is 0. The van der Waals surface area contributed by atoms with E-state index in [1.54, 1.807) is 0 Å². The Balaban J connectivity index is 0.00000177. The molecule has 4 heteroatoms. The van der Waals surface area contributed by atoms with Crippen molar-refractivity contribution in [2.75, 3.05) is 9.80 Å². The fourth-order valence-corrected chi connectivity index (χ4v) is 8.30. The number of carbonyl (C=O) groups excluding carboxylic acids is 2. The molecule has 50 heavy (non-hydrogen) atoms. The molecule has 0 saturated carbocycles. The number of hydrogen-bond acceptors (Lipinski definition) is 4. The van der Waals surface area contributed by atoms with Crippen LogP contribution in [0.15, 0.2) is 133 Å². The van der Waals surface area contributed by atoms with Gasteiger partial charge in [-0.15, -0.1) is 0 Å². The molecule has 9 rings (SSSR count). The van der Waals surface area contributed by atoms with Crippen molar-refractivity contribution in [2.24, 2.45) is 0 Å². The van der Waals surface area contributed by atoms with Crippen molar-refractivity contribution in [2.45, 2.75) is 52.4 Å². The van der Waals surface area contributed by atoms with Crippen molar-refractivity contribution in [3.8, 4) is 0 Å². The molecule has 0 amide bonds. The Hall–Kier alpha value is -5.74. The molecule has 4 nitrogen and oxygen atoms in total. The van der Waals surface area contributed by atoms with Crippen LogP contribution in [0.1, 0.15) is 95.6 Å². The Morgan fingerprint density at radius 2 is 0.660 bits per heavy atom. The summed E-state index contributed by atoms with van der Waals surface area (Å²) in [4.78, 5) is 33.0. The fourth-order valence-electron chi connectivity index (χ4n) is 8.30. The van der Waals surface area contributed by atoms with Crippen molar-refractivity contribution >= 4 is 45.7 Å². The second kappa shape index (κ2) is 11.4. The Labute approximate surface area is 294 Å². The van der Waals surface area contributed by atoms with Gasteiger partial charge in [0.2, 0.25) is 0 Å². The van der Waals surface area contributed by atoms with Gasteiger partial charge in [-0.3, -0.25) is 9.59 Å². The topological polar surface area (TPSA) is 40.6 Å². The summed E-state index contributed by atoms with van der Waals surface area (Å²) in [6, 6.07) is 45.2. The van der Waals surface area contributed by atoms with Crippen LogP contribution in [0, 0.1) is 0 Å². The van der Waals surface area contributed by atoms with Gasteiger partial charge in [-0.25, -0.2) is 0 Å². The van der Waals surface area contributed by atoms with E-state index in [4.69, 9.17) is 0 Å². The van der Waals surface area contributed by atoms with Crippen LogP contribution in [-0.4, -0.2) is 11.6 Å². The molecule has 3 aliphatic rings. The molecule has 0 aromatic heterocycles. The number of ketones is 2. The van der Waals surface area contributed by atoms with E-state index in [0.717, 1.165) is 34.1 Å². The number of carbonyl (C=O) groups is 2. The molecule has 2 heterocycles. The first-order valence-electron chi connectivity index (χ1n) is 17.5. The van der Waals surface area contributed by atoms with Gasteiger partial charge in [-0.2, -0.15) is 0 Å². The number of benzene rings is 6. The summed E-state index contributed by atoms with van der Waals surface area (Å²) in [6.45, 7) is 13.0. The third-order valence-corrected chi connectivity index (χ3v) is 10.8. The van der Waals surface area contributed by atoms with E-state index < -0.39 is 0 Å². The fraction of sp³-hybridized carbons (Fsp3) is 0.174. The Morgan fingerprint density at radius 1 is 0.380 bits per heavy atom. The van der Waals surface area contributed by atoms with E-state index in [0.29, 0.717) is 22.3 Å². The number of hydrogen-bond donors (Lipinski definition) is 0. The summed E-state index contributed by atoms with van der Waals surface area (Å²) in [7, 11) is 0. The zero-order valence-corrected chi connectivity index (χ0v) is 29.4. The molecule has 0 spiro atoms.